The molecule has 1 aromatic heterocycles. The van der Waals surface area contributed by atoms with Gasteiger partial charge in [-0.15, -0.1) is 0 Å². The van der Waals surface area contributed by atoms with E-state index >= 15 is 0 Å². The minimum Gasteiger partial charge on any atom is -0.447 e. The van der Waals surface area contributed by atoms with Gasteiger partial charge in [0.05, 0.1) is 24.4 Å². The van der Waals surface area contributed by atoms with Gasteiger partial charge < -0.3 is 15.6 Å². The number of aromatic nitrogens is 1. The zero-order valence-electron chi connectivity index (χ0n) is 11.9. The van der Waals surface area contributed by atoms with Crippen LogP contribution in [0.4, 0.5) is 0 Å². The predicted molar refractivity (Wildman–Crippen MR) is 75.5 cm³/mol. The number of ether oxygens (including phenoxy) is 1. The zero-order chi connectivity index (χ0) is 15.3. The number of carbonyl (C=O) groups is 2. The normalized spacial score (nSPS) is 17.2. The molecular formula is C15H20N2O4. The van der Waals surface area contributed by atoms with Crippen LogP contribution in [0.15, 0.2) is 18.3 Å². The third-order valence-corrected chi connectivity index (χ3v) is 3.86. The molecule has 114 valence electrons. The first-order valence-corrected chi connectivity index (χ1v) is 7.14. The van der Waals surface area contributed by atoms with E-state index in [1.807, 2.05) is 0 Å². The van der Waals surface area contributed by atoms with Gasteiger partial charge in [-0.3, -0.25) is 9.78 Å². The van der Waals surface area contributed by atoms with E-state index in [-0.39, 0.29) is 24.5 Å². The van der Waals surface area contributed by atoms with Gasteiger partial charge in [-0.2, -0.15) is 0 Å². The number of hydrogen-bond acceptors (Lipinski definition) is 6. The molecule has 3 N–H and O–H groups in total. The number of nitrogens with two attached hydrogens (primary N) is 1. The van der Waals surface area contributed by atoms with Gasteiger partial charge in [0.2, 0.25) is 0 Å². The molecule has 0 spiro atoms. The first-order chi connectivity index (χ1) is 10.1. The van der Waals surface area contributed by atoms with Gasteiger partial charge in [-0.05, 0) is 37.8 Å². The highest BCUT2D eigenvalue weighted by Crippen LogP contribution is 2.33. The number of rotatable bonds is 5. The maximum atomic E-state index is 12.3. The Morgan fingerprint density at radius 3 is 2.67 bits per heavy atom. The van der Waals surface area contributed by atoms with Crippen molar-refractivity contribution in [3.8, 4) is 0 Å². The summed E-state index contributed by atoms with van der Waals surface area (Å²) in [6.07, 6.45) is 5.19. The molecule has 6 heteroatoms. The molecule has 0 amide bonds. The number of ketones is 1. The van der Waals surface area contributed by atoms with Crippen LogP contribution in [0.3, 0.4) is 0 Å². The first kappa shape index (κ1) is 15.6. The van der Waals surface area contributed by atoms with Gasteiger partial charge in [0.25, 0.3) is 0 Å². The second-order valence-corrected chi connectivity index (χ2v) is 5.27. The summed E-state index contributed by atoms with van der Waals surface area (Å²) in [4.78, 5) is 28.3. The first-order valence-electron chi connectivity index (χ1n) is 7.14. The van der Waals surface area contributed by atoms with Crippen molar-refractivity contribution < 1.29 is 19.4 Å². The average Bonchev–Trinajstić information content (AvgIpc) is 2.54. The SMILES string of the molecule is NCC(=O)C1(OC(=O)c2ccnc(CO)c2)CCCCC1. The second-order valence-electron chi connectivity index (χ2n) is 5.27. The van der Waals surface area contributed by atoms with Crippen LogP contribution in [0.5, 0.6) is 0 Å². The molecule has 0 atom stereocenters. The lowest BCUT2D eigenvalue weighted by Gasteiger charge is -2.35. The lowest BCUT2D eigenvalue weighted by molar-refractivity contribution is -0.140. The van der Waals surface area contributed by atoms with Gasteiger partial charge in [-0.25, -0.2) is 4.79 Å². The van der Waals surface area contributed by atoms with Crippen LogP contribution in [0, 0.1) is 0 Å². The zero-order valence-corrected chi connectivity index (χ0v) is 11.9. The summed E-state index contributed by atoms with van der Waals surface area (Å²) >= 11 is 0. The summed E-state index contributed by atoms with van der Waals surface area (Å²) in [5.41, 5.74) is 5.04. The predicted octanol–water partition coefficient (Wildman–Crippen LogP) is 0.961. The number of esters is 1. The fraction of sp³-hybridized carbons (Fsp3) is 0.533. The topological polar surface area (TPSA) is 103 Å². The van der Waals surface area contributed by atoms with E-state index in [0.717, 1.165) is 19.3 Å². The fourth-order valence-corrected chi connectivity index (χ4v) is 2.67. The van der Waals surface area contributed by atoms with Crippen LogP contribution >= 0.6 is 0 Å². The Bertz CT molecular complexity index is 524. The van der Waals surface area contributed by atoms with E-state index in [1.54, 1.807) is 0 Å². The fourth-order valence-electron chi connectivity index (χ4n) is 2.67. The molecule has 0 bridgehead atoms. The van der Waals surface area contributed by atoms with E-state index in [1.165, 1.54) is 18.3 Å². The molecular weight excluding hydrogens is 272 g/mol. The highest BCUT2D eigenvalue weighted by atomic mass is 16.6. The van der Waals surface area contributed by atoms with Crippen molar-refractivity contribution in [2.75, 3.05) is 6.54 Å². The molecule has 1 saturated carbocycles. The Hall–Kier alpha value is -1.79. The number of carbonyl (C=O) groups excluding carboxylic acids is 2. The number of nitrogens with zero attached hydrogens (tertiary/aromatic N) is 1. The van der Waals surface area contributed by atoms with Crippen LogP contribution in [-0.4, -0.2) is 34.0 Å². The van der Waals surface area contributed by atoms with Crippen molar-refractivity contribution in [3.05, 3.63) is 29.6 Å². The third kappa shape index (κ3) is 3.46. The molecule has 1 heterocycles. The lowest BCUT2D eigenvalue weighted by atomic mass is 9.81. The van der Waals surface area contributed by atoms with Crippen LogP contribution in [0.2, 0.25) is 0 Å². The Balaban J connectivity index is 2.19. The molecule has 1 fully saturated rings. The number of aliphatic hydroxyl groups is 1. The van der Waals surface area contributed by atoms with Crippen molar-refractivity contribution >= 4 is 11.8 Å². The molecule has 21 heavy (non-hydrogen) atoms. The summed E-state index contributed by atoms with van der Waals surface area (Å²) in [6, 6.07) is 2.97. The van der Waals surface area contributed by atoms with E-state index in [2.05, 4.69) is 4.98 Å². The standard InChI is InChI=1S/C15H20N2O4/c16-9-13(19)15(5-2-1-3-6-15)21-14(20)11-4-7-17-12(8-11)10-18/h4,7-8,18H,1-3,5-6,9-10,16H2. The third-order valence-electron chi connectivity index (χ3n) is 3.86. The summed E-state index contributed by atoms with van der Waals surface area (Å²) in [5.74, 6) is -0.803. The molecule has 1 aliphatic carbocycles. The summed E-state index contributed by atoms with van der Waals surface area (Å²) in [5, 5.41) is 9.06. The monoisotopic (exact) mass is 292 g/mol. The maximum Gasteiger partial charge on any atom is 0.339 e. The van der Waals surface area contributed by atoms with Gasteiger partial charge in [-0.1, -0.05) is 6.42 Å². The molecule has 1 aromatic rings. The molecule has 0 aromatic carbocycles. The molecule has 0 unspecified atom stereocenters. The minimum atomic E-state index is -1.09. The number of Topliss-reactive ketones (excluding diaryl/α,β-unsaturated/α-hetero) is 1. The maximum absolute atomic E-state index is 12.3. The van der Waals surface area contributed by atoms with Crippen LogP contribution in [0.1, 0.15) is 48.2 Å². The second kappa shape index (κ2) is 6.78. The van der Waals surface area contributed by atoms with E-state index in [0.29, 0.717) is 18.5 Å². The average molecular weight is 292 g/mol. The van der Waals surface area contributed by atoms with Gasteiger partial charge in [0, 0.05) is 6.20 Å². The summed E-state index contributed by atoms with van der Waals surface area (Å²) < 4.78 is 5.54. The Morgan fingerprint density at radius 2 is 2.05 bits per heavy atom. The van der Waals surface area contributed by atoms with E-state index in [4.69, 9.17) is 15.6 Å². The van der Waals surface area contributed by atoms with Gasteiger partial charge in [0.15, 0.2) is 11.4 Å². The van der Waals surface area contributed by atoms with Crippen molar-refractivity contribution in [2.45, 2.75) is 44.3 Å². The molecule has 0 saturated heterocycles. The highest BCUT2D eigenvalue weighted by molar-refractivity contribution is 5.95. The van der Waals surface area contributed by atoms with Crippen molar-refractivity contribution in [2.24, 2.45) is 5.73 Å². The Kier molecular flexibility index (Phi) is 5.03. The van der Waals surface area contributed by atoms with Crippen molar-refractivity contribution in [1.29, 1.82) is 0 Å². The van der Waals surface area contributed by atoms with E-state index < -0.39 is 11.6 Å². The minimum absolute atomic E-state index is 0.133. The largest absolute Gasteiger partial charge is 0.447 e. The Morgan fingerprint density at radius 1 is 1.33 bits per heavy atom. The van der Waals surface area contributed by atoms with Crippen LogP contribution < -0.4 is 5.73 Å². The quantitative estimate of drug-likeness (QED) is 0.784. The summed E-state index contributed by atoms with van der Waals surface area (Å²) in [6.45, 7) is -0.389. The molecule has 0 aliphatic heterocycles. The Labute approximate surface area is 123 Å². The molecule has 2 rings (SSSR count). The lowest BCUT2D eigenvalue weighted by Crippen LogP contribution is -2.48. The number of aliphatic hydroxyl groups excluding tert-OH is 1. The number of pyridine rings is 1. The van der Waals surface area contributed by atoms with Crippen molar-refractivity contribution in [3.63, 3.8) is 0 Å². The molecule has 6 nitrogen and oxygen atoms in total. The molecule has 0 radical (unpaired) electrons. The van der Waals surface area contributed by atoms with Crippen molar-refractivity contribution in [1.82, 2.24) is 4.98 Å². The highest BCUT2D eigenvalue weighted by Gasteiger charge is 2.42. The summed E-state index contributed by atoms with van der Waals surface area (Å²) in [7, 11) is 0. The van der Waals surface area contributed by atoms with E-state index in [9.17, 15) is 9.59 Å². The van der Waals surface area contributed by atoms with Gasteiger partial charge in [0.1, 0.15) is 0 Å². The van der Waals surface area contributed by atoms with Crippen LogP contribution in [-0.2, 0) is 16.1 Å². The van der Waals surface area contributed by atoms with Crippen LogP contribution in [0.25, 0.3) is 0 Å². The van der Waals surface area contributed by atoms with Gasteiger partial charge >= 0.3 is 5.97 Å². The smallest absolute Gasteiger partial charge is 0.339 e. The molecule has 1 aliphatic rings. The number of hydrogen-bond donors (Lipinski definition) is 2.